The van der Waals surface area contributed by atoms with E-state index in [1.165, 1.54) is 7.11 Å². The standard InChI is InChI=1S/C13H22O3S/c1-4-8-12-9-6-7-11-13(12,10-5-2)17(14,15)16-3/h6-7,9,11-12H,4-5,8,10H2,1-3H3. The number of allylic oxidation sites excluding steroid dienone is 3. The highest BCUT2D eigenvalue weighted by Gasteiger charge is 2.47. The van der Waals surface area contributed by atoms with Crippen LogP contribution < -0.4 is 0 Å². The minimum absolute atomic E-state index is 0.0161. The van der Waals surface area contributed by atoms with Crippen molar-refractivity contribution in [1.82, 2.24) is 0 Å². The van der Waals surface area contributed by atoms with E-state index in [1.54, 1.807) is 6.08 Å². The van der Waals surface area contributed by atoms with E-state index in [0.29, 0.717) is 6.42 Å². The monoisotopic (exact) mass is 258 g/mol. The Bertz CT molecular complexity index is 395. The lowest BCUT2D eigenvalue weighted by molar-refractivity contribution is 0.334. The molecule has 1 rings (SSSR count). The van der Waals surface area contributed by atoms with Gasteiger partial charge in [0.1, 0.15) is 4.75 Å². The molecule has 4 heteroatoms. The van der Waals surface area contributed by atoms with E-state index in [0.717, 1.165) is 19.3 Å². The lowest BCUT2D eigenvalue weighted by Crippen LogP contribution is -2.44. The van der Waals surface area contributed by atoms with Gasteiger partial charge >= 0.3 is 0 Å². The van der Waals surface area contributed by atoms with Crippen molar-refractivity contribution in [1.29, 1.82) is 0 Å². The average Bonchev–Trinajstić information content (AvgIpc) is 2.32. The predicted molar refractivity (Wildman–Crippen MR) is 70.2 cm³/mol. The number of hydrogen-bond acceptors (Lipinski definition) is 3. The largest absolute Gasteiger partial charge is 0.277 e. The first-order valence-corrected chi connectivity index (χ1v) is 7.61. The molecule has 0 aliphatic heterocycles. The summed E-state index contributed by atoms with van der Waals surface area (Å²) in [6.45, 7) is 4.07. The fourth-order valence-corrected chi connectivity index (χ4v) is 4.14. The predicted octanol–water partition coefficient (Wildman–Crippen LogP) is 3.04. The van der Waals surface area contributed by atoms with Crippen molar-refractivity contribution in [3.05, 3.63) is 24.3 Å². The molecule has 3 nitrogen and oxygen atoms in total. The highest BCUT2D eigenvalue weighted by atomic mass is 32.2. The lowest BCUT2D eigenvalue weighted by Gasteiger charge is -2.36. The Hall–Kier alpha value is -0.610. The molecule has 0 radical (unpaired) electrons. The van der Waals surface area contributed by atoms with Crippen LogP contribution >= 0.6 is 0 Å². The highest BCUT2D eigenvalue weighted by Crippen LogP contribution is 2.40. The molecule has 0 aromatic heterocycles. The van der Waals surface area contributed by atoms with Gasteiger partial charge in [-0.3, -0.25) is 4.18 Å². The van der Waals surface area contributed by atoms with Crippen LogP contribution in [-0.4, -0.2) is 20.3 Å². The van der Waals surface area contributed by atoms with Crippen LogP contribution in [-0.2, 0) is 14.3 Å². The maximum Gasteiger partial charge on any atom is 0.277 e. The van der Waals surface area contributed by atoms with Crippen LogP contribution in [0.2, 0.25) is 0 Å². The van der Waals surface area contributed by atoms with Crippen LogP contribution in [0.4, 0.5) is 0 Å². The van der Waals surface area contributed by atoms with Crippen molar-refractivity contribution >= 4 is 10.1 Å². The second-order valence-electron chi connectivity index (χ2n) is 4.46. The highest BCUT2D eigenvalue weighted by molar-refractivity contribution is 7.88. The van der Waals surface area contributed by atoms with Gasteiger partial charge in [-0.2, -0.15) is 8.42 Å². The van der Waals surface area contributed by atoms with E-state index in [-0.39, 0.29) is 5.92 Å². The maximum atomic E-state index is 12.2. The maximum absolute atomic E-state index is 12.2. The van der Waals surface area contributed by atoms with E-state index in [1.807, 2.05) is 25.2 Å². The van der Waals surface area contributed by atoms with Gasteiger partial charge in [0.25, 0.3) is 10.1 Å². The van der Waals surface area contributed by atoms with E-state index in [9.17, 15) is 8.42 Å². The third-order valence-electron chi connectivity index (χ3n) is 3.39. The smallest absolute Gasteiger partial charge is 0.273 e. The molecule has 0 spiro atoms. The Morgan fingerprint density at radius 1 is 1.24 bits per heavy atom. The second kappa shape index (κ2) is 5.83. The Morgan fingerprint density at radius 2 is 1.94 bits per heavy atom. The fraction of sp³-hybridized carbons (Fsp3) is 0.692. The molecule has 0 saturated heterocycles. The van der Waals surface area contributed by atoms with Crippen LogP contribution in [0.15, 0.2) is 24.3 Å². The molecular formula is C13H22O3S. The third kappa shape index (κ3) is 2.63. The van der Waals surface area contributed by atoms with Gasteiger partial charge in [-0.05, 0) is 12.8 Å². The van der Waals surface area contributed by atoms with E-state index >= 15 is 0 Å². The van der Waals surface area contributed by atoms with Crippen LogP contribution in [0.1, 0.15) is 39.5 Å². The molecule has 0 aromatic rings. The molecule has 2 atom stereocenters. The van der Waals surface area contributed by atoms with Crippen LogP contribution in [0.25, 0.3) is 0 Å². The third-order valence-corrected chi connectivity index (χ3v) is 5.40. The molecule has 0 heterocycles. The summed E-state index contributed by atoms with van der Waals surface area (Å²) >= 11 is 0. The SMILES string of the molecule is CCCC1C=CC=CC1(CCC)S(=O)(=O)OC. The van der Waals surface area contributed by atoms with Crippen molar-refractivity contribution in [3.63, 3.8) is 0 Å². The van der Waals surface area contributed by atoms with Gasteiger partial charge in [0.15, 0.2) is 0 Å². The zero-order chi connectivity index (χ0) is 12.9. The summed E-state index contributed by atoms with van der Waals surface area (Å²) in [5, 5.41) is 0. The molecule has 17 heavy (non-hydrogen) atoms. The number of hydrogen-bond donors (Lipinski definition) is 0. The van der Waals surface area contributed by atoms with Gasteiger partial charge < -0.3 is 0 Å². The summed E-state index contributed by atoms with van der Waals surface area (Å²) in [6, 6.07) is 0. The molecule has 0 aromatic carbocycles. The van der Waals surface area contributed by atoms with Crippen molar-refractivity contribution in [2.45, 2.75) is 44.3 Å². The summed E-state index contributed by atoms with van der Waals surface area (Å²) in [7, 11) is -2.30. The minimum atomic E-state index is -3.55. The zero-order valence-corrected chi connectivity index (χ0v) is 11.7. The van der Waals surface area contributed by atoms with Crippen LogP contribution in [0, 0.1) is 5.92 Å². The van der Waals surface area contributed by atoms with Crippen molar-refractivity contribution in [2.24, 2.45) is 5.92 Å². The zero-order valence-electron chi connectivity index (χ0n) is 10.8. The molecule has 98 valence electrons. The van der Waals surface area contributed by atoms with Gasteiger partial charge in [-0.15, -0.1) is 0 Å². The first-order valence-electron chi connectivity index (χ1n) is 6.20. The van der Waals surface area contributed by atoms with Crippen molar-refractivity contribution < 1.29 is 12.6 Å². The molecule has 0 N–H and O–H groups in total. The molecule has 1 aliphatic carbocycles. The summed E-state index contributed by atoms with van der Waals surface area (Å²) in [6.07, 6.45) is 10.8. The van der Waals surface area contributed by atoms with Gasteiger partial charge in [-0.1, -0.05) is 51.0 Å². The molecule has 0 amide bonds. The lowest BCUT2D eigenvalue weighted by atomic mass is 9.81. The summed E-state index contributed by atoms with van der Waals surface area (Å²) in [5.41, 5.74) is 0. The van der Waals surface area contributed by atoms with Gasteiger partial charge in [-0.25, -0.2) is 0 Å². The topological polar surface area (TPSA) is 43.4 Å². The first-order chi connectivity index (χ1) is 8.04. The van der Waals surface area contributed by atoms with E-state index in [4.69, 9.17) is 4.18 Å². The quantitative estimate of drug-likeness (QED) is 0.688. The normalized spacial score (nSPS) is 28.5. The van der Waals surface area contributed by atoms with Gasteiger partial charge in [0.05, 0.1) is 7.11 Å². The molecule has 0 saturated carbocycles. The summed E-state index contributed by atoms with van der Waals surface area (Å²) in [5.74, 6) is 0.0161. The summed E-state index contributed by atoms with van der Waals surface area (Å²) < 4.78 is 28.4. The Labute approximate surface area is 105 Å². The van der Waals surface area contributed by atoms with Crippen LogP contribution in [0.3, 0.4) is 0 Å². The van der Waals surface area contributed by atoms with Crippen LogP contribution in [0.5, 0.6) is 0 Å². The van der Waals surface area contributed by atoms with E-state index < -0.39 is 14.9 Å². The number of rotatable bonds is 6. The molecule has 0 fully saturated rings. The summed E-state index contributed by atoms with van der Waals surface area (Å²) in [4.78, 5) is 0. The van der Waals surface area contributed by atoms with Crippen molar-refractivity contribution in [2.75, 3.05) is 7.11 Å². The Morgan fingerprint density at radius 3 is 2.47 bits per heavy atom. The molecular weight excluding hydrogens is 236 g/mol. The molecule has 1 aliphatic rings. The minimum Gasteiger partial charge on any atom is -0.273 e. The Kier molecular flexibility index (Phi) is 4.95. The second-order valence-corrected chi connectivity index (χ2v) is 6.47. The van der Waals surface area contributed by atoms with Crippen molar-refractivity contribution in [3.8, 4) is 0 Å². The molecule has 2 unspecified atom stereocenters. The fourth-order valence-electron chi connectivity index (χ4n) is 2.56. The first kappa shape index (κ1) is 14.5. The van der Waals surface area contributed by atoms with Gasteiger partial charge in [0.2, 0.25) is 0 Å². The average molecular weight is 258 g/mol. The molecule has 0 bridgehead atoms. The van der Waals surface area contributed by atoms with Gasteiger partial charge in [0, 0.05) is 5.92 Å². The van der Waals surface area contributed by atoms with E-state index in [2.05, 4.69) is 6.92 Å². The Balaban J connectivity index is 3.21.